The smallest absolute Gasteiger partial charge is 0.330 e. The molecule has 102 valence electrons. The molecule has 0 aliphatic rings. The molecule has 1 N–H and O–H groups in total. The van der Waals surface area contributed by atoms with E-state index in [2.05, 4.69) is 40.9 Å². The fourth-order valence-corrected chi connectivity index (χ4v) is 1.56. The summed E-state index contributed by atoms with van der Waals surface area (Å²) < 4.78 is 5.46. The van der Waals surface area contributed by atoms with Crippen LogP contribution in [0.1, 0.15) is 5.69 Å². The van der Waals surface area contributed by atoms with Gasteiger partial charge in [0.15, 0.2) is 0 Å². The van der Waals surface area contributed by atoms with Crippen molar-refractivity contribution in [1.29, 1.82) is 0 Å². The summed E-state index contributed by atoms with van der Waals surface area (Å²) in [4.78, 5) is 17.9. The van der Waals surface area contributed by atoms with Gasteiger partial charge in [0.2, 0.25) is 5.95 Å². The van der Waals surface area contributed by atoms with E-state index in [1.165, 1.54) is 13.2 Å². The Morgan fingerprint density at radius 2 is 2.10 bits per heavy atom. The number of halogens is 1. The largest absolute Gasteiger partial charge is 0.466 e. The Morgan fingerprint density at radius 3 is 2.80 bits per heavy atom. The van der Waals surface area contributed by atoms with Gasteiger partial charge in [-0.1, -0.05) is 15.9 Å². The third-order valence-electron chi connectivity index (χ3n) is 2.27. The molecule has 0 amide bonds. The maximum absolute atomic E-state index is 10.9. The highest BCUT2D eigenvalue weighted by molar-refractivity contribution is 9.10. The highest BCUT2D eigenvalue weighted by Crippen LogP contribution is 2.19. The number of methoxy groups -OCH3 is 1. The molecule has 0 unspecified atom stereocenters. The van der Waals surface area contributed by atoms with Crippen LogP contribution in [0.25, 0.3) is 6.08 Å². The van der Waals surface area contributed by atoms with Crippen LogP contribution in [0.2, 0.25) is 0 Å². The van der Waals surface area contributed by atoms with Gasteiger partial charge in [0, 0.05) is 10.5 Å². The molecule has 0 aliphatic heterocycles. The average Bonchev–Trinajstić information content (AvgIpc) is 2.92. The van der Waals surface area contributed by atoms with Crippen molar-refractivity contribution >= 4 is 39.6 Å². The fraction of sp³-hybridized carbons (Fsp3) is 0.0769. The minimum Gasteiger partial charge on any atom is -0.466 e. The van der Waals surface area contributed by atoms with Gasteiger partial charge in [-0.3, -0.25) is 0 Å². The number of carbonyl (C=O) groups is 1. The second-order valence-corrected chi connectivity index (χ2v) is 4.61. The zero-order valence-corrected chi connectivity index (χ0v) is 12.2. The van der Waals surface area contributed by atoms with Gasteiger partial charge >= 0.3 is 5.97 Å². The minimum absolute atomic E-state index is 0.359. The van der Waals surface area contributed by atoms with Gasteiger partial charge in [-0.15, -0.1) is 10.2 Å². The maximum atomic E-state index is 10.9. The number of nitrogens with one attached hydrogen (secondary N) is 1. The van der Waals surface area contributed by atoms with Gasteiger partial charge < -0.3 is 9.72 Å². The second-order valence-electron chi connectivity index (χ2n) is 3.70. The van der Waals surface area contributed by atoms with Crippen molar-refractivity contribution in [3.05, 3.63) is 46.7 Å². The lowest BCUT2D eigenvalue weighted by molar-refractivity contribution is -0.134. The highest BCUT2D eigenvalue weighted by atomic mass is 79.9. The predicted octanol–water partition coefficient (Wildman–Crippen LogP) is 3.77. The highest BCUT2D eigenvalue weighted by Gasteiger charge is 1.98. The van der Waals surface area contributed by atoms with Crippen LogP contribution in [0, 0.1) is 0 Å². The molecule has 0 saturated carbocycles. The first kappa shape index (κ1) is 14.1. The van der Waals surface area contributed by atoms with Gasteiger partial charge in [-0.2, -0.15) is 0 Å². The first-order valence-electron chi connectivity index (χ1n) is 5.66. The molecule has 2 rings (SSSR count). The van der Waals surface area contributed by atoms with E-state index in [1.54, 1.807) is 12.3 Å². The number of hydrogen-bond acceptors (Lipinski definition) is 5. The van der Waals surface area contributed by atoms with Crippen LogP contribution in [-0.4, -0.2) is 23.0 Å². The molecule has 0 radical (unpaired) electrons. The van der Waals surface area contributed by atoms with Crippen molar-refractivity contribution in [3.63, 3.8) is 0 Å². The molecule has 0 fully saturated rings. The summed E-state index contributed by atoms with van der Waals surface area (Å²) >= 11 is 3.34. The number of carbonyl (C=O) groups excluding carboxylic acids is 1. The molecule has 1 aromatic carbocycles. The summed E-state index contributed by atoms with van der Waals surface area (Å²) in [5.41, 5.74) is 1.36. The van der Waals surface area contributed by atoms with E-state index >= 15 is 0 Å². The molecule has 0 atom stereocenters. The quantitative estimate of drug-likeness (QED) is 0.525. The number of nitrogens with zero attached hydrogens (tertiary/aromatic N) is 3. The number of imidazole rings is 1. The summed E-state index contributed by atoms with van der Waals surface area (Å²) in [6.07, 6.45) is 4.40. The van der Waals surface area contributed by atoms with Gasteiger partial charge in [0.25, 0.3) is 0 Å². The lowest BCUT2D eigenvalue weighted by Crippen LogP contribution is -1.93. The van der Waals surface area contributed by atoms with Crippen molar-refractivity contribution in [3.8, 4) is 0 Å². The number of aromatic nitrogens is 2. The van der Waals surface area contributed by atoms with E-state index < -0.39 is 5.97 Å². The van der Waals surface area contributed by atoms with Crippen LogP contribution >= 0.6 is 15.9 Å². The molecule has 0 spiro atoms. The Hall–Kier alpha value is -2.28. The van der Waals surface area contributed by atoms with Crippen molar-refractivity contribution in [2.24, 2.45) is 10.2 Å². The topological polar surface area (TPSA) is 79.7 Å². The van der Waals surface area contributed by atoms with E-state index in [0.717, 1.165) is 10.2 Å². The fourth-order valence-electron chi connectivity index (χ4n) is 1.30. The molecule has 7 heteroatoms. The van der Waals surface area contributed by atoms with E-state index in [0.29, 0.717) is 11.6 Å². The lowest BCUT2D eigenvalue weighted by atomic mass is 10.3. The third-order valence-corrected chi connectivity index (χ3v) is 2.80. The summed E-state index contributed by atoms with van der Waals surface area (Å²) in [6, 6.07) is 7.41. The Bertz CT molecular complexity index is 647. The molecule has 0 aliphatic carbocycles. The Morgan fingerprint density at radius 1 is 1.35 bits per heavy atom. The number of benzene rings is 1. The van der Waals surface area contributed by atoms with E-state index in [9.17, 15) is 4.79 Å². The average molecular weight is 335 g/mol. The molecule has 1 heterocycles. The monoisotopic (exact) mass is 334 g/mol. The van der Waals surface area contributed by atoms with Crippen LogP contribution in [0.3, 0.4) is 0 Å². The number of azo groups is 1. The predicted molar refractivity (Wildman–Crippen MR) is 78.0 cm³/mol. The van der Waals surface area contributed by atoms with Crippen LogP contribution in [-0.2, 0) is 9.53 Å². The summed E-state index contributed by atoms with van der Waals surface area (Å²) in [5.74, 6) is -0.0740. The zero-order chi connectivity index (χ0) is 14.4. The van der Waals surface area contributed by atoms with Crippen molar-refractivity contribution in [1.82, 2.24) is 9.97 Å². The summed E-state index contributed by atoms with van der Waals surface area (Å²) in [7, 11) is 1.32. The Kier molecular flexibility index (Phi) is 4.78. The Balaban J connectivity index is 2.04. The molecule has 2 aromatic rings. The number of rotatable bonds is 4. The van der Waals surface area contributed by atoms with Gasteiger partial charge in [0.05, 0.1) is 24.7 Å². The van der Waals surface area contributed by atoms with E-state index in [-0.39, 0.29) is 0 Å². The van der Waals surface area contributed by atoms with E-state index in [1.807, 2.05) is 24.3 Å². The first-order valence-corrected chi connectivity index (χ1v) is 6.45. The Labute approximate surface area is 123 Å². The number of esters is 1. The number of H-pyrrole nitrogens is 1. The van der Waals surface area contributed by atoms with Gasteiger partial charge in [-0.05, 0) is 30.3 Å². The zero-order valence-electron chi connectivity index (χ0n) is 10.6. The SMILES string of the molecule is COC(=O)/C=C/c1cnc(N=Nc2ccc(Br)cc2)[nH]1. The van der Waals surface area contributed by atoms with Crippen molar-refractivity contribution in [2.75, 3.05) is 7.11 Å². The summed E-state index contributed by atoms with van der Waals surface area (Å²) in [6.45, 7) is 0. The summed E-state index contributed by atoms with van der Waals surface area (Å²) in [5, 5.41) is 8.00. The molecule has 6 nitrogen and oxygen atoms in total. The third kappa shape index (κ3) is 4.13. The van der Waals surface area contributed by atoms with Crippen molar-refractivity contribution < 1.29 is 9.53 Å². The minimum atomic E-state index is -0.433. The molecule has 1 aromatic heterocycles. The number of ether oxygens (including phenoxy) is 1. The van der Waals surface area contributed by atoms with Gasteiger partial charge in [-0.25, -0.2) is 9.78 Å². The normalized spacial score (nSPS) is 11.3. The molecule has 0 bridgehead atoms. The molecular weight excluding hydrogens is 324 g/mol. The van der Waals surface area contributed by atoms with Crippen LogP contribution in [0.5, 0.6) is 0 Å². The second kappa shape index (κ2) is 6.76. The van der Waals surface area contributed by atoms with Crippen LogP contribution in [0.4, 0.5) is 11.6 Å². The van der Waals surface area contributed by atoms with Gasteiger partial charge in [0.1, 0.15) is 0 Å². The van der Waals surface area contributed by atoms with Crippen molar-refractivity contribution in [2.45, 2.75) is 0 Å². The van der Waals surface area contributed by atoms with E-state index in [4.69, 9.17) is 0 Å². The first-order chi connectivity index (χ1) is 9.67. The lowest BCUT2D eigenvalue weighted by Gasteiger charge is -1.91. The number of aromatic amines is 1. The molecule has 20 heavy (non-hydrogen) atoms. The van der Waals surface area contributed by atoms with Crippen LogP contribution < -0.4 is 0 Å². The standard InChI is InChI=1S/C13H11BrN4O2/c1-20-12(19)7-6-11-8-15-13(16-11)18-17-10-4-2-9(14)3-5-10/h2-8H,1H3,(H,15,16)/b7-6+,18-17?. The molecule has 0 saturated heterocycles. The molecular formula is C13H11BrN4O2. The number of hydrogen-bond donors (Lipinski definition) is 1. The van der Waals surface area contributed by atoms with Crippen LogP contribution in [0.15, 0.2) is 51.2 Å². The maximum Gasteiger partial charge on any atom is 0.330 e.